The van der Waals surface area contributed by atoms with Gasteiger partial charge >= 0.3 is 0 Å². The van der Waals surface area contributed by atoms with Crippen molar-refractivity contribution in [2.24, 2.45) is 5.92 Å². The zero-order chi connectivity index (χ0) is 22.8. The maximum atomic E-state index is 13.1. The van der Waals surface area contributed by atoms with Crippen LogP contribution in [-0.2, 0) is 11.2 Å². The summed E-state index contributed by atoms with van der Waals surface area (Å²) in [6, 6.07) is 11.1. The number of β-amino-alcohol motifs (C(OH)–C–C–N with tert-alkyl or cyclic N) is 1. The lowest BCUT2D eigenvalue weighted by molar-refractivity contribution is -0.128. The number of amides is 2. The summed E-state index contributed by atoms with van der Waals surface area (Å²) in [4.78, 5) is 32.8. The van der Waals surface area contributed by atoms with E-state index in [0.29, 0.717) is 50.4 Å². The minimum absolute atomic E-state index is 0.0631. The van der Waals surface area contributed by atoms with E-state index in [2.05, 4.69) is 4.98 Å². The predicted octanol–water partition coefficient (Wildman–Crippen LogP) is 2.01. The molecule has 8 heteroatoms. The highest BCUT2D eigenvalue weighted by molar-refractivity contribution is 5.94. The lowest BCUT2D eigenvalue weighted by atomic mass is 10.0. The molecule has 2 atom stereocenters. The second-order valence-corrected chi connectivity index (χ2v) is 8.82. The van der Waals surface area contributed by atoms with Gasteiger partial charge in [0.25, 0.3) is 5.91 Å². The van der Waals surface area contributed by atoms with Gasteiger partial charge in [-0.05, 0) is 43.2 Å². The lowest BCUT2D eigenvalue weighted by Gasteiger charge is -2.18. The largest absolute Gasteiger partial charge is 0.492 e. The molecule has 2 fully saturated rings. The number of ether oxygens (including phenoxy) is 1. The molecule has 1 aromatic carbocycles. The number of carbonyl (C=O) groups is 2. The summed E-state index contributed by atoms with van der Waals surface area (Å²) >= 11 is 0. The van der Waals surface area contributed by atoms with Crippen molar-refractivity contribution in [1.82, 2.24) is 19.2 Å². The molecular weight excluding hydrogens is 420 g/mol. The second kappa shape index (κ2) is 9.23. The van der Waals surface area contributed by atoms with Gasteiger partial charge in [0.05, 0.1) is 30.1 Å². The molecule has 1 N–H and O–H groups in total. The molecule has 0 bridgehead atoms. The smallest absolute Gasteiger partial charge is 0.254 e. The molecule has 0 aliphatic carbocycles. The summed E-state index contributed by atoms with van der Waals surface area (Å²) in [6.07, 6.45) is 7.31. The number of benzene rings is 1. The molecule has 0 radical (unpaired) electrons. The van der Waals surface area contributed by atoms with Gasteiger partial charge in [0.2, 0.25) is 5.91 Å². The topological polar surface area (TPSA) is 87.4 Å². The molecule has 3 aromatic rings. The van der Waals surface area contributed by atoms with Gasteiger partial charge in [-0.25, -0.2) is 0 Å². The number of carbonyl (C=O) groups excluding carboxylic acids is 2. The predicted molar refractivity (Wildman–Crippen MR) is 122 cm³/mol. The van der Waals surface area contributed by atoms with Crippen molar-refractivity contribution >= 4 is 17.3 Å². The summed E-state index contributed by atoms with van der Waals surface area (Å²) < 4.78 is 7.81. The van der Waals surface area contributed by atoms with Gasteiger partial charge in [-0.3, -0.25) is 14.6 Å². The van der Waals surface area contributed by atoms with Crippen LogP contribution in [-0.4, -0.2) is 75.0 Å². The van der Waals surface area contributed by atoms with Gasteiger partial charge < -0.3 is 24.0 Å². The number of rotatable bonds is 7. The number of likely N-dealkylation sites (tertiary alicyclic amines) is 2. The first-order valence-corrected chi connectivity index (χ1v) is 11.5. The third-order valence-corrected chi connectivity index (χ3v) is 6.51. The molecule has 0 saturated carbocycles. The van der Waals surface area contributed by atoms with Gasteiger partial charge in [0, 0.05) is 49.9 Å². The number of aliphatic hydroxyl groups excluding tert-OH is 1. The van der Waals surface area contributed by atoms with Crippen LogP contribution in [0.15, 0.2) is 55.0 Å². The molecule has 2 aliphatic heterocycles. The third-order valence-electron chi connectivity index (χ3n) is 6.51. The van der Waals surface area contributed by atoms with Crippen LogP contribution in [0.5, 0.6) is 5.75 Å². The number of nitrogens with zero attached hydrogens (tertiary/aromatic N) is 4. The van der Waals surface area contributed by atoms with Crippen molar-refractivity contribution in [2.75, 3.05) is 32.8 Å². The minimum Gasteiger partial charge on any atom is -0.492 e. The summed E-state index contributed by atoms with van der Waals surface area (Å²) in [6.45, 7) is 2.52. The maximum absolute atomic E-state index is 13.1. The van der Waals surface area contributed by atoms with Crippen molar-refractivity contribution < 1.29 is 19.4 Å². The molecule has 2 aromatic heterocycles. The highest BCUT2D eigenvalue weighted by Gasteiger charge is 2.34. The van der Waals surface area contributed by atoms with Crippen LogP contribution in [0.25, 0.3) is 5.52 Å². The van der Waals surface area contributed by atoms with E-state index in [0.717, 1.165) is 24.2 Å². The fraction of sp³-hybridized carbons (Fsp3) is 0.400. The normalized spacial score (nSPS) is 20.7. The van der Waals surface area contributed by atoms with Crippen molar-refractivity contribution in [3.05, 3.63) is 66.2 Å². The molecule has 33 heavy (non-hydrogen) atoms. The molecular formula is C25H28N4O4. The Morgan fingerprint density at radius 3 is 2.97 bits per heavy atom. The third kappa shape index (κ3) is 4.71. The Labute approximate surface area is 192 Å². The van der Waals surface area contributed by atoms with Crippen LogP contribution < -0.4 is 4.74 Å². The minimum atomic E-state index is -0.589. The van der Waals surface area contributed by atoms with Gasteiger partial charge in [-0.1, -0.05) is 6.07 Å². The molecule has 0 spiro atoms. The van der Waals surface area contributed by atoms with Gasteiger partial charge in [-0.15, -0.1) is 0 Å². The Bertz CT molecular complexity index is 1160. The van der Waals surface area contributed by atoms with Gasteiger partial charge in [0.1, 0.15) is 12.4 Å². The number of fused-ring (bicyclic) bond motifs is 1. The van der Waals surface area contributed by atoms with E-state index in [1.807, 2.05) is 46.1 Å². The SMILES string of the molecule is O=C1CCCN1CCOc1cccc(C(=O)N2C[C@@H](Cc3cn4cccc4cn3)[C@@H](O)C2)c1. The van der Waals surface area contributed by atoms with Crippen molar-refractivity contribution in [3.63, 3.8) is 0 Å². The average Bonchev–Trinajstić information content (AvgIpc) is 3.54. The van der Waals surface area contributed by atoms with E-state index in [9.17, 15) is 14.7 Å². The Hall–Kier alpha value is -3.39. The fourth-order valence-corrected chi connectivity index (χ4v) is 4.69. The van der Waals surface area contributed by atoms with E-state index in [1.165, 1.54) is 0 Å². The molecule has 2 aliphatic rings. The van der Waals surface area contributed by atoms with Gasteiger partial charge in [0.15, 0.2) is 0 Å². The lowest BCUT2D eigenvalue weighted by Crippen LogP contribution is -2.30. The molecule has 0 unspecified atom stereocenters. The summed E-state index contributed by atoms with van der Waals surface area (Å²) in [7, 11) is 0. The zero-order valence-electron chi connectivity index (χ0n) is 18.5. The van der Waals surface area contributed by atoms with Crippen molar-refractivity contribution in [3.8, 4) is 5.75 Å². The van der Waals surface area contributed by atoms with Crippen LogP contribution in [0, 0.1) is 5.92 Å². The summed E-state index contributed by atoms with van der Waals surface area (Å²) in [5.41, 5.74) is 2.45. The summed E-state index contributed by atoms with van der Waals surface area (Å²) in [5.74, 6) is 0.596. The van der Waals surface area contributed by atoms with Crippen LogP contribution in [0.2, 0.25) is 0 Å². The molecule has 2 amide bonds. The number of aliphatic hydroxyl groups is 1. The maximum Gasteiger partial charge on any atom is 0.254 e. The highest BCUT2D eigenvalue weighted by atomic mass is 16.5. The second-order valence-electron chi connectivity index (χ2n) is 8.82. The van der Waals surface area contributed by atoms with Crippen molar-refractivity contribution in [2.45, 2.75) is 25.4 Å². The van der Waals surface area contributed by atoms with E-state index in [1.54, 1.807) is 23.1 Å². The Morgan fingerprint density at radius 2 is 2.12 bits per heavy atom. The first kappa shape index (κ1) is 21.5. The zero-order valence-corrected chi connectivity index (χ0v) is 18.5. The Balaban J connectivity index is 1.18. The van der Waals surface area contributed by atoms with Crippen LogP contribution in [0.3, 0.4) is 0 Å². The monoisotopic (exact) mass is 448 g/mol. The van der Waals surface area contributed by atoms with Crippen molar-refractivity contribution in [1.29, 1.82) is 0 Å². The number of hydrogen-bond donors (Lipinski definition) is 1. The molecule has 5 rings (SSSR count). The first-order chi connectivity index (χ1) is 16.1. The van der Waals surface area contributed by atoms with Crippen LogP contribution >= 0.6 is 0 Å². The van der Waals surface area contributed by atoms with E-state index >= 15 is 0 Å². The van der Waals surface area contributed by atoms with Crippen LogP contribution in [0.1, 0.15) is 28.9 Å². The summed E-state index contributed by atoms with van der Waals surface area (Å²) in [5, 5.41) is 10.6. The fourth-order valence-electron chi connectivity index (χ4n) is 4.69. The number of hydrogen-bond acceptors (Lipinski definition) is 5. The number of aromatic nitrogens is 2. The quantitative estimate of drug-likeness (QED) is 0.598. The molecule has 8 nitrogen and oxygen atoms in total. The molecule has 2 saturated heterocycles. The van der Waals surface area contributed by atoms with E-state index in [-0.39, 0.29) is 17.7 Å². The molecule has 4 heterocycles. The Kier molecular flexibility index (Phi) is 6.00. The Morgan fingerprint density at radius 1 is 1.21 bits per heavy atom. The average molecular weight is 449 g/mol. The van der Waals surface area contributed by atoms with E-state index in [4.69, 9.17) is 4.74 Å². The van der Waals surface area contributed by atoms with E-state index < -0.39 is 6.10 Å². The van der Waals surface area contributed by atoms with Gasteiger partial charge in [-0.2, -0.15) is 0 Å². The van der Waals surface area contributed by atoms with Crippen LogP contribution in [0.4, 0.5) is 0 Å². The highest BCUT2D eigenvalue weighted by Crippen LogP contribution is 2.24. The standard InChI is InChI=1S/C25H28N4O4/c30-23-17-29(15-19(23)12-20-16-28-9-2-5-21(28)14-26-20)25(32)18-4-1-6-22(13-18)33-11-10-27-8-3-7-24(27)31/h1-2,4-6,9,13-14,16,19,23,30H,3,7-8,10-12,15,17H2/t19-,23+/m1/s1. The first-order valence-electron chi connectivity index (χ1n) is 11.5. The molecule has 172 valence electrons.